The molecule has 0 aliphatic carbocycles. The number of likely N-dealkylation sites (tertiary alicyclic amines) is 1. The smallest absolute Gasteiger partial charge is 0.319 e. The Kier molecular flexibility index (Phi) is 6.45. The van der Waals surface area contributed by atoms with Crippen LogP contribution in [0.1, 0.15) is 29.5 Å². The first-order valence-electron chi connectivity index (χ1n) is 9.58. The number of amides is 2. The van der Waals surface area contributed by atoms with Gasteiger partial charge in [-0.15, -0.1) is 0 Å². The van der Waals surface area contributed by atoms with Crippen molar-refractivity contribution in [1.29, 1.82) is 0 Å². The van der Waals surface area contributed by atoms with Gasteiger partial charge >= 0.3 is 6.03 Å². The molecule has 1 fully saturated rings. The normalized spacial score (nSPS) is 15.5. The summed E-state index contributed by atoms with van der Waals surface area (Å²) in [6.07, 6.45) is 2.15. The van der Waals surface area contributed by atoms with Gasteiger partial charge in [-0.25, -0.2) is 9.18 Å². The van der Waals surface area contributed by atoms with Crippen molar-refractivity contribution in [3.8, 4) is 0 Å². The van der Waals surface area contributed by atoms with Gasteiger partial charge in [0, 0.05) is 18.8 Å². The maximum atomic E-state index is 13.5. The Bertz CT molecular complexity index is 785. The Morgan fingerprint density at radius 2 is 1.93 bits per heavy atom. The van der Waals surface area contributed by atoms with E-state index in [-0.39, 0.29) is 11.8 Å². The molecular formula is C22H28FN3O. The molecule has 0 spiro atoms. The van der Waals surface area contributed by atoms with Crippen LogP contribution in [-0.2, 0) is 6.54 Å². The zero-order chi connectivity index (χ0) is 19.2. The van der Waals surface area contributed by atoms with Crippen LogP contribution in [0.2, 0.25) is 0 Å². The van der Waals surface area contributed by atoms with E-state index in [1.165, 1.54) is 17.2 Å². The van der Waals surface area contributed by atoms with Gasteiger partial charge in [0.15, 0.2) is 0 Å². The second-order valence-electron chi connectivity index (χ2n) is 7.51. The van der Waals surface area contributed by atoms with Gasteiger partial charge in [0.2, 0.25) is 0 Å². The van der Waals surface area contributed by atoms with E-state index in [0.717, 1.165) is 32.5 Å². The molecule has 2 N–H and O–H groups in total. The minimum absolute atomic E-state index is 0.277. The lowest BCUT2D eigenvalue weighted by Gasteiger charge is -2.32. The number of nitrogens with one attached hydrogen (secondary N) is 2. The van der Waals surface area contributed by atoms with E-state index < -0.39 is 0 Å². The van der Waals surface area contributed by atoms with E-state index in [0.29, 0.717) is 23.7 Å². The van der Waals surface area contributed by atoms with Crippen LogP contribution < -0.4 is 10.6 Å². The van der Waals surface area contributed by atoms with Gasteiger partial charge in [0.1, 0.15) is 5.82 Å². The van der Waals surface area contributed by atoms with Crippen molar-refractivity contribution in [2.75, 3.05) is 25.0 Å². The largest absolute Gasteiger partial charge is 0.338 e. The molecule has 1 saturated heterocycles. The molecule has 0 aromatic heterocycles. The molecule has 0 unspecified atom stereocenters. The Morgan fingerprint density at radius 3 is 2.63 bits per heavy atom. The van der Waals surface area contributed by atoms with Crippen LogP contribution in [0.3, 0.4) is 0 Å². The fraction of sp³-hybridized carbons (Fsp3) is 0.409. The number of aryl methyl sites for hydroxylation is 2. The summed E-state index contributed by atoms with van der Waals surface area (Å²) in [5.41, 5.74) is 3.70. The van der Waals surface area contributed by atoms with Crippen molar-refractivity contribution in [3.63, 3.8) is 0 Å². The number of hydrogen-bond acceptors (Lipinski definition) is 2. The average molecular weight is 369 g/mol. The van der Waals surface area contributed by atoms with Crippen molar-refractivity contribution in [1.82, 2.24) is 10.2 Å². The van der Waals surface area contributed by atoms with Crippen molar-refractivity contribution < 1.29 is 9.18 Å². The fourth-order valence-electron chi connectivity index (χ4n) is 3.50. The van der Waals surface area contributed by atoms with Crippen LogP contribution in [0, 0.1) is 25.6 Å². The first kappa shape index (κ1) is 19.4. The monoisotopic (exact) mass is 369 g/mol. The Morgan fingerprint density at radius 1 is 1.15 bits per heavy atom. The van der Waals surface area contributed by atoms with Crippen LogP contribution in [0.4, 0.5) is 14.9 Å². The fourth-order valence-corrected chi connectivity index (χ4v) is 3.50. The molecule has 0 radical (unpaired) electrons. The Hall–Kier alpha value is -2.40. The molecule has 0 bridgehead atoms. The van der Waals surface area contributed by atoms with E-state index in [4.69, 9.17) is 0 Å². The van der Waals surface area contributed by atoms with E-state index in [1.54, 1.807) is 19.1 Å². The minimum Gasteiger partial charge on any atom is -0.338 e. The number of benzene rings is 2. The van der Waals surface area contributed by atoms with Crippen LogP contribution >= 0.6 is 0 Å². The summed E-state index contributed by atoms with van der Waals surface area (Å²) in [6, 6.07) is 13.1. The van der Waals surface area contributed by atoms with Gasteiger partial charge in [0.05, 0.1) is 0 Å². The maximum Gasteiger partial charge on any atom is 0.319 e. The average Bonchev–Trinajstić information content (AvgIpc) is 2.64. The van der Waals surface area contributed by atoms with Crippen molar-refractivity contribution in [3.05, 3.63) is 65.0 Å². The molecule has 0 saturated carbocycles. The van der Waals surface area contributed by atoms with Crippen LogP contribution in [0.25, 0.3) is 0 Å². The summed E-state index contributed by atoms with van der Waals surface area (Å²) in [4.78, 5) is 14.5. The number of piperidine rings is 1. The second kappa shape index (κ2) is 9.00. The summed E-state index contributed by atoms with van der Waals surface area (Å²) in [7, 11) is 0. The number of halogens is 1. The summed E-state index contributed by atoms with van der Waals surface area (Å²) in [6.45, 7) is 7.55. The molecule has 4 nitrogen and oxygen atoms in total. The Labute approximate surface area is 160 Å². The van der Waals surface area contributed by atoms with Gasteiger partial charge in [-0.05, 0) is 69.0 Å². The molecule has 27 heavy (non-hydrogen) atoms. The highest BCUT2D eigenvalue weighted by molar-refractivity contribution is 5.89. The lowest BCUT2D eigenvalue weighted by atomic mass is 9.96. The molecule has 0 atom stereocenters. The molecule has 1 aliphatic rings. The molecular weight excluding hydrogens is 341 g/mol. The summed E-state index contributed by atoms with van der Waals surface area (Å²) in [5.74, 6) is 0.174. The molecule has 3 rings (SSSR count). The van der Waals surface area contributed by atoms with Gasteiger partial charge in [-0.2, -0.15) is 0 Å². The summed E-state index contributed by atoms with van der Waals surface area (Å²) in [5, 5.41) is 5.61. The highest BCUT2D eigenvalue weighted by Gasteiger charge is 2.19. The number of urea groups is 1. The predicted octanol–water partition coefficient (Wildman–Crippen LogP) is 4.48. The van der Waals surface area contributed by atoms with Crippen molar-refractivity contribution in [2.45, 2.75) is 33.2 Å². The summed E-state index contributed by atoms with van der Waals surface area (Å²) < 4.78 is 13.5. The first-order valence-corrected chi connectivity index (χ1v) is 9.58. The number of carbonyl (C=O) groups excluding carboxylic acids is 1. The first-order chi connectivity index (χ1) is 13.0. The molecule has 144 valence electrons. The SMILES string of the molecule is Cc1cccc(CN2CCC(CNC(=O)Nc3ccc(C)c(F)c3)CC2)c1. The molecule has 2 amide bonds. The molecule has 5 heteroatoms. The lowest BCUT2D eigenvalue weighted by molar-refractivity contribution is 0.175. The van der Waals surface area contributed by atoms with Gasteiger partial charge in [-0.1, -0.05) is 35.9 Å². The van der Waals surface area contributed by atoms with Crippen LogP contribution in [-0.4, -0.2) is 30.6 Å². The van der Waals surface area contributed by atoms with Gasteiger partial charge in [-0.3, -0.25) is 4.90 Å². The number of carbonyl (C=O) groups is 1. The summed E-state index contributed by atoms with van der Waals surface area (Å²) >= 11 is 0. The number of nitrogens with zero attached hydrogens (tertiary/aromatic N) is 1. The number of anilines is 1. The van der Waals surface area contributed by atoms with Gasteiger partial charge in [0.25, 0.3) is 0 Å². The highest BCUT2D eigenvalue weighted by Crippen LogP contribution is 2.19. The topological polar surface area (TPSA) is 44.4 Å². The third kappa shape index (κ3) is 5.79. The zero-order valence-corrected chi connectivity index (χ0v) is 16.1. The van der Waals surface area contributed by atoms with E-state index in [2.05, 4.69) is 46.7 Å². The third-order valence-electron chi connectivity index (χ3n) is 5.18. The minimum atomic E-state index is -0.311. The van der Waals surface area contributed by atoms with Crippen LogP contribution in [0.5, 0.6) is 0 Å². The van der Waals surface area contributed by atoms with E-state index >= 15 is 0 Å². The maximum absolute atomic E-state index is 13.5. The second-order valence-corrected chi connectivity index (χ2v) is 7.51. The van der Waals surface area contributed by atoms with Gasteiger partial charge < -0.3 is 10.6 Å². The molecule has 2 aromatic rings. The molecule has 1 heterocycles. The van der Waals surface area contributed by atoms with E-state index in [1.807, 2.05) is 0 Å². The molecule has 1 aliphatic heterocycles. The zero-order valence-electron chi connectivity index (χ0n) is 16.1. The Balaban J connectivity index is 1.38. The van der Waals surface area contributed by atoms with Crippen molar-refractivity contribution in [2.24, 2.45) is 5.92 Å². The van der Waals surface area contributed by atoms with E-state index in [9.17, 15) is 9.18 Å². The standard InChI is InChI=1S/C22H28FN3O/c1-16-4-3-5-19(12-16)15-26-10-8-18(9-11-26)14-24-22(27)25-20-7-6-17(2)21(23)13-20/h3-7,12-13,18H,8-11,14-15H2,1-2H3,(H2,24,25,27). The quantitative estimate of drug-likeness (QED) is 0.816. The lowest BCUT2D eigenvalue weighted by Crippen LogP contribution is -2.39. The third-order valence-corrected chi connectivity index (χ3v) is 5.18. The molecule has 2 aromatic carbocycles. The number of hydrogen-bond donors (Lipinski definition) is 2. The number of rotatable bonds is 5. The predicted molar refractivity (Wildman–Crippen MR) is 107 cm³/mol. The van der Waals surface area contributed by atoms with Crippen LogP contribution in [0.15, 0.2) is 42.5 Å². The van der Waals surface area contributed by atoms with Crippen molar-refractivity contribution >= 4 is 11.7 Å². The highest BCUT2D eigenvalue weighted by atomic mass is 19.1.